The first kappa shape index (κ1) is 17.6. The minimum Gasteiger partial charge on any atom is -0.373 e. The van der Waals surface area contributed by atoms with Crippen molar-refractivity contribution in [3.8, 4) is 0 Å². The third kappa shape index (κ3) is 5.13. The summed E-state index contributed by atoms with van der Waals surface area (Å²) in [6, 6.07) is 2.25. The molecule has 0 aliphatic carbocycles. The standard InChI is InChI=1S/C15H19F3N6O/c16-15(17,18)10-5-20-14(21-6-10)22-7-12-4-13(24-23-12)9-25-8-11-2-1-3-19-11/h4-6,11,19H,1-3,7-9H2,(H,23,24)(H,20,21,22)/t11-/m0/s1. The van der Waals surface area contributed by atoms with Gasteiger partial charge in [0.05, 0.1) is 36.7 Å². The van der Waals surface area contributed by atoms with Crippen molar-refractivity contribution >= 4 is 5.95 Å². The zero-order chi connectivity index (χ0) is 17.7. The normalized spacial score (nSPS) is 17.8. The number of aromatic amines is 1. The van der Waals surface area contributed by atoms with Crippen molar-refractivity contribution in [1.82, 2.24) is 25.5 Å². The molecule has 0 spiro atoms. The zero-order valence-corrected chi connectivity index (χ0v) is 13.4. The van der Waals surface area contributed by atoms with Gasteiger partial charge in [-0.2, -0.15) is 18.3 Å². The number of nitrogens with one attached hydrogen (secondary N) is 3. The molecule has 1 atom stereocenters. The molecule has 0 radical (unpaired) electrons. The average Bonchev–Trinajstić information content (AvgIpc) is 3.24. The first-order chi connectivity index (χ1) is 12.0. The first-order valence-corrected chi connectivity index (χ1v) is 7.98. The molecule has 0 bridgehead atoms. The fourth-order valence-corrected chi connectivity index (χ4v) is 2.52. The van der Waals surface area contributed by atoms with Crippen LogP contribution in [0, 0.1) is 0 Å². The van der Waals surface area contributed by atoms with E-state index in [0.717, 1.165) is 36.7 Å². The summed E-state index contributed by atoms with van der Waals surface area (Å²) >= 11 is 0. The number of hydrogen-bond donors (Lipinski definition) is 3. The lowest BCUT2D eigenvalue weighted by atomic mass is 10.2. The molecule has 7 nitrogen and oxygen atoms in total. The number of anilines is 1. The minimum atomic E-state index is -4.44. The predicted molar refractivity (Wildman–Crippen MR) is 83.6 cm³/mol. The van der Waals surface area contributed by atoms with E-state index in [9.17, 15) is 13.2 Å². The second-order valence-corrected chi connectivity index (χ2v) is 5.84. The highest BCUT2D eigenvalue weighted by atomic mass is 19.4. The van der Waals surface area contributed by atoms with Crippen LogP contribution in [0.3, 0.4) is 0 Å². The Morgan fingerprint density at radius 2 is 2.08 bits per heavy atom. The third-order valence-electron chi connectivity index (χ3n) is 3.83. The Bertz CT molecular complexity index is 667. The molecule has 136 valence electrons. The zero-order valence-electron chi connectivity index (χ0n) is 13.4. The summed E-state index contributed by atoms with van der Waals surface area (Å²) < 4.78 is 43.0. The minimum absolute atomic E-state index is 0.118. The molecular weight excluding hydrogens is 337 g/mol. The monoisotopic (exact) mass is 356 g/mol. The van der Waals surface area contributed by atoms with Crippen LogP contribution in [0.1, 0.15) is 29.8 Å². The lowest BCUT2D eigenvalue weighted by Gasteiger charge is -2.09. The van der Waals surface area contributed by atoms with Gasteiger partial charge in [-0.25, -0.2) is 9.97 Å². The van der Waals surface area contributed by atoms with Crippen molar-refractivity contribution in [1.29, 1.82) is 0 Å². The molecule has 10 heteroatoms. The first-order valence-electron chi connectivity index (χ1n) is 7.98. The van der Waals surface area contributed by atoms with Crippen LogP contribution >= 0.6 is 0 Å². The quantitative estimate of drug-likeness (QED) is 0.704. The van der Waals surface area contributed by atoms with E-state index in [1.165, 1.54) is 6.42 Å². The van der Waals surface area contributed by atoms with E-state index in [1.54, 1.807) is 0 Å². The van der Waals surface area contributed by atoms with Gasteiger partial charge in [-0.3, -0.25) is 5.10 Å². The molecule has 1 aliphatic heterocycles. The Kier molecular flexibility index (Phi) is 5.49. The fraction of sp³-hybridized carbons (Fsp3) is 0.533. The Hall–Kier alpha value is -2.20. The number of rotatable bonds is 7. The molecule has 3 N–H and O–H groups in total. The fourth-order valence-electron chi connectivity index (χ4n) is 2.52. The summed E-state index contributed by atoms with van der Waals surface area (Å²) in [4.78, 5) is 7.31. The van der Waals surface area contributed by atoms with Crippen LogP contribution < -0.4 is 10.6 Å². The van der Waals surface area contributed by atoms with Gasteiger partial charge >= 0.3 is 6.18 Å². The molecule has 3 rings (SSSR count). The maximum atomic E-state index is 12.4. The molecule has 2 aromatic heterocycles. The maximum absolute atomic E-state index is 12.4. The Labute approximate surface area is 142 Å². The summed E-state index contributed by atoms with van der Waals surface area (Å²) in [5.74, 6) is 0.118. The third-order valence-corrected chi connectivity index (χ3v) is 3.83. The van der Waals surface area contributed by atoms with Crippen LogP contribution in [0.25, 0.3) is 0 Å². The number of H-pyrrole nitrogens is 1. The van der Waals surface area contributed by atoms with Gasteiger partial charge in [0.15, 0.2) is 0 Å². The predicted octanol–water partition coefficient (Wildman–Crippen LogP) is 2.10. The molecule has 0 aromatic carbocycles. The number of alkyl halides is 3. The van der Waals surface area contributed by atoms with Crippen molar-refractivity contribution in [2.75, 3.05) is 18.5 Å². The smallest absolute Gasteiger partial charge is 0.373 e. The van der Waals surface area contributed by atoms with Crippen LogP contribution in [0.2, 0.25) is 0 Å². The summed E-state index contributed by atoms with van der Waals surface area (Å²) in [5, 5.41) is 13.2. The number of hydrogen-bond acceptors (Lipinski definition) is 6. The van der Waals surface area contributed by atoms with E-state index in [0.29, 0.717) is 25.8 Å². The average molecular weight is 356 g/mol. The van der Waals surface area contributed by atoms with E-state index < -0.39 is 11.7 Å². The number of aromatic nitrogens is 4. The van der Waals surface area contributed by atoms with Crippen LogP contribution in [0.5, 0.6) is 0 Å². The van der Waals surface area contributed by atoms with E-state index in [4.69, 9.17) is 4.74 Å². The lowest BCUT2D eigenvalue weighted by molar-refractivity contribution is -0.138. The highest BCUT2D eigenvalue weighted by Crippen LogP contribution is 2.28. The highest BCUT2D eigenvalue weighted by Gasteiger charge is 2.31. The van der Waals surface area contributed by atoms with Crippen molar-refractivity contribution in [2.45, 2.75) is 38.2 Å². The van der Waals surface area contributed by atoms with Crippen molar-refractivity contribution in [2.24, 2.45) is 0 Å². The molecule has 0 unspecified atom stereocenters. The molecule has 25 heavy (non-hydrogen) atoms. The SMILES string of the molecule is FC(F)(F)c1cnc(NCc2cc(COC[C@@H]3CCCN3)n[nH]2)nc1. The molecule has 2 aromatic rings. The van der Waals surface area contributed by atoms with Crippen LogP contribution in [-0.2, 0) is 24.1 Å². The van der Waals surface area contributed by atoms with Gasteiger partial charge < -0.3 is 15.4 Å². The van der Waals surface area contributed by atoms with Gasteiger partial charge in [-0.05, 0) is 25.5 Å². The van der Waals surface area contributed by atoms with Gasteiger partial charge in [0.25, 0.3) is 0 Å². The van der Waals surface area contributed by atoms with Crippen LogP contribution in [-0.4, -0.2) is 39.4 Å². The van der Waals surface area contributed by atoms with Crippen LogP contribution in [0.15, 0.2) is 18.5 Å². The van der Waals surface area contributed by atoms with Crippen molar-refractivity contribution in [3.63, 3.8) is 0 Å². The van der Waals surface area contributed by atoms with Gasteiger partial charge in [0.2, 0.25) is 5.95 Å². The summed E-state index contributed by atoms with van der Waals surface area (Å²) in [6.45, 7) is 2.42. The topological polar surface area (TPSA) is 87.8 Å². The largest absolute Gasteiger partial charge is 0.419 e. The molecule has 1 aliphatic rings. The van der Waals surface area contributed by atoms with E-state index in [-0.39, 0.29) is 5.95 Å². The van der Waals surface area contributed by atoms with Gasteiger partial charge in [0, 0.05) is 18.4 Å². The maximum Gasteiger partial charge on any atom is 0.419 e. The second-order valence-electron chi connectivity index (χ2n) is 5.84. The van der Waals surface area contributed by atoms with Crippen molar-refractivity contribution < 1.29 is 17.9 Å². The van der Waals surface area contributed by atoms with E-state index in [2.05, 4.69) is 30.8 Å². The number of halogens is 3. The van der Waals surface area contributed by atoms with E-state index in [1.807, 2.05) is 6.07 Å². The van der Waals surface area contributed by atoms with Crippen LogP contribution in [0.4, 0.5) is 19.1 Å². The number of ether oxygens (including phenoxy) is 1. The van der Waals surface area contributed by atoms with Gasteiger partial charge in [-0.1, -0.05) is 0 Å². The summed E-state index contributed by atoms with van der Waals surface area (Å²) in [7, 11) is 0. The van der Waals surface area contributed by atoms with E-state index >= 15 is 0 Å². The summed E-state index contributed by atoms with van der Waals surface area (Å²) in [6.07, 6.45) is -0.636. The molecule has 0 saturated carbocycles. The Morgan fingerprint density at radius 1 is 1.28 bits per heavy atom. The second kappa shape index (κ2) is 7.79. The van der Waals surface area contributed by atoms with Gasteiger partial charge in [0.1, 0.15) is 0 Å². The molecule has 3 heterocycles. The molecule has 1 fully saturated rings. The highest BCUT2D eigenvalue weighted by molar-refractivity contribution is 5.27. The Morgan fingerprint density at radius 3 is 2.76 bits per heavy atom. The lowest BCUT2D eigenvalue weighted by Crippen LogP contribution is -2.26. The molecule has 0 amide bonds. The van der Waals surface area contributed by atoms with Gasteiger partial charge in [-0.15, -0.1) is 0 Å². The molecule has 1 saturated heterocycles. The summed E-state index contributed by atoms with van der Waals surface area (Å²) in [5.41, 5.74) is 0.653. The number of nitrogens with zero attached hydrogens (tertiary/aromatic N) is 3. The van der Waals surface area contributed by atoms with Crippen molar-refractivity contribution in [3.05, 3.63) is 35.4 Å². The molecular formula is C15H19F3N6O. The Balaban J connectivity index is 1.43.